The minimum Gasteiger partial charge on any atom is -0.465 e. The van der Waals surface area contributed by atoms with Crippen molar-refractivity contribution in [1.29, 1.82) is 0 Å². The largest absolute Gasteiger partial charge is 0.465 e. The van der Waals surface area contributed by atoms with E-state index in [0.29, 0.717) is 11.1 Å². The maximum atomic E-state index is 10.8. The van der Waals surface area contributed by atoms with Crippen LogP contribution in [0.3, 0.4) is 0 Å². The van der Waals surface area contributed by atoms with Gasteiger partial charge in [0.1, 0.15) is 0 Å². The van der Waals surface area contributed by atoms with Crippen LogP contribution in [0.1, 0.15) is 20.7 Å². The van der Waals surface area contributed by atoms with Gasteiger partial charge in [0.25, 0.3) is 5.91 Å². The van der Waals surface area contributed by atoms with Crippen LogP contribution < -0.4 is 11.3 Å². The Morgan fingerprint density at radius 1 is 0.900 bits per heavy atom. The lowest BCUT2D eigenvalue weighted by molar-refractivity contribution is 0.0600. The van der Waals surface area contributed by atoms with E-state index >= 15 is 0 Å². The van der Waals surface area contributed by atoms with Crippen molar-refractivity contribution in [2.75, 3.05) is 7.11 Å². The number of hydrogen-bond donors (Lipinski definition) is 2. The monoisotopic (exact) mass is 272 g/mol. The van der Waals surface area contributed by atoms with E-state index in [1.807, 2.05) is 17.6 Å². The molecule has 2 aromatic carbocycles. The minimum atomic E-state index is -0.291. The van der Waals surface area contributed by atoms with Gasteiger partial charge >= 0.3 is 5.97 Å². The molecule has 0 aliphatic heterocycles. The lowest BCUT2D eigenvalue weighted by Gasteiger charge is -1.95. The summed E-state index contributed by atoms with van der Waals surface area (Å²) in [5, 5.41) is 0. The zero-order chi connectivity index (χ0) is 14.8. The summed E-state index contributed by atoms with van der Waals surface area (Å²) < 4.78 is 4.50. The molecule has 0 bridgehead atoms. The van der Waals surface area contributed by atoms with E-state index in [-0.39, 0.29) is 11.9 Å². The van der Waals surface area contributed by atoms with E-state index in [1.165, 1.54) is 7.11 Å². The summed E-state index contributed by atoms with van der Waals surface area (Å²) in [6.45, 7) is 0. The summed E-state index contributed by atoms with van der Waals surface area (Å²) in [6, 6.07) is 17.7. The van der Waals surface area contributed by atoms with E-state index < -0.39 is 0 Å². The molecule has 0 spiro atoms. The highest BCUT2D eigenvalue weighted by Crippen LogP contribution is 1.99. The highest BCUT2D eigenvalue weighted by Gasteiger charge is 2.00. The van der Waals surface area contributed by atoms with Crippen molar-refractivity contribution in [1.82, 2.24) is 5.43 Å². The number of amides is 1. The SMILES string of the molecule is COC(=O)c1ccccc1.NNC(=O)c1ccccc1. The molecule has 0 aliphatic carbocycles. The van der Waals surface area contributed by atoms with Crippen molar-refractivity contribution in [3.63, 3.8) is 0 Å². The van der Waals surface area contributed by atoms with Crippen molar-refractivity contribution in [2.24, 2.45) is 5.84 Å². The van der Waals surface area contributed by atoms with Crippen LogP contribution in [-0.2, 0) is 4.74 Å². The first-order valence-corrected chi connectivity index (χ1v) is 5.88. The number of nitrogens with one attached hydrogen (secondary N) is 1. The number of carbonyl (C=O) groups excluding carboxylic acids is 2. The number of nitrogen functional groups attached to an aromatic ring is 1. The van der Waals surface area contributed by atoms with Crippen LogP contribution in [0, 0.1) is 0 Å². The lowest BCUT2D eigenvalue weighted by atomic mass is 10.2. The minimum absolute atomic E-state index is 0.263. The number of rotatable bonds is 2. The summed E-state index contributed by atoms with van der Waals surface area (Å²) in [6.07, 6.45) is 0. The highest BCUT2D eigenvalue weighted by molar-refractivity contribution is 5.93. The van der Waals surface area contributed by atoms with Crippen molar-refractivity contribution < 1.29 is 14.3 Å². The van der Waals surface area contributed by atoms with Gasteiger partial charge in [-0.25, -0.2) is 10.6 Å². The Labute approximate surface area is 117 Å². The number of benzene rings is 2. The molecule has 5 heteroatoms. The number of hydrazine groups is 1. The number of ether oxygens (including phenoxy) is 1. The summed E-state index contributed by atoms with van der Waals surface area (Å²) >= 11 is 0. The molecule has 0 saturated heterocycles. The first kappa shape index (κ1) is 15.4. The van der Waals surface area contributed by atoms with Crippen LogP contribution in [0.5, 0.6) is 0 Å². The van der Waals surface area contributed by atoms with Gasteiger partial charge in [-0.15, -0.1) is 0 Å². The second-order valence-corrected chi connectivity index (χ2v) is 3.70. The van der Waals surface area contributed by atoms with E-state index in [1.54, 1.807) is 48.5 Å². The van der Waals surface area contributed by atoms with Gasteiger partial charge in [-0.1, -0.05) is 36.4 Å². The smallest absolute Gasteiger partial charge is 0.337 e. The molecule has 0 unspecified atom stereocenters. The Bertz CT molecular complexity index is 490. The van der Waals surface area contributed by atoms with Gasteiger partial charge in [-0.05, 0) is 24.3 Å². The van der Waals surface area contributed by atoms with Crippen molar-refractivity contribution in [2.45, 2.75) is 0 Å². The maximum absolute atomic E-state index is 10.8. The molecule has 0 saturated carbocycles. The van der Waals surface area contributed by atoms with Crippen LogP contribution >= 0.6 is 0 Å². The predicted octanol–water partition coefficient (Wildman–Crippen LogP) is 1.76. The second-order valence-electron chi connectivity index (χ2n) is 3.70. The van der Waals surface area contributed by atoms with Crippen LogP contribution in [0.2, 0.25) is 0 Å². The summed E-state index contributed by atoms with van der Waals surface area (Å²) in [4.78, 5) is 21.6. The third-order valence-corrected chi connectivity index (χ3v) is 2.36. The Morgan fingerprint density at radius 2 is 1.35 bits per heavy atom. The topological polar surface area (TPSA) is 81.4 Å². The molecular formula is C15H16N2O3. The molecule has 0 radical (unpaired) electrons. The highest BCUT2D eigenvalue weighted by atomic mass is 16.5. The van der Waals surface area contributed by atoms with Gasteiger partial charge in [0.15, 0.2) is 0 Å². The fourth-order valence-corrected chi connectivity index (χ4v) is 1.36. The molecule has 5 nitrogen and oxygen atoms in total. The predicted molar refractivity (Wildman–Crippen MR) is 75.9 cm³/mol. The third kappa shape index (κ3) is 4.91. The fraction of sp³-hybridized carbons (Fsp3) is 0.0667. The molecule has 2 rings (SSSR count). The zero-order valence-electron chi connectivity index (χ0n) is 11.1. The van der Waals surface area contributed by atoms with Gasteiger partial charge in [0.05, 0.1) is 12.7 Å². The number of methoxy groups -OCH3 is 1. The molecule has 1 amide bonds. The fourth-order valence-electron chi connectivity index (χ4n) is 1.36. The van der Waals surface area contributed by atoms with Crippen molar-refractivity contribution >= 4 is 11.9 Å². The average molecular weight is 272 g/mol. The molecule has 0 aromatic heterocycles. The molecule has 0 aliphatic rings. The molecule has 0 heterocycles. The number of esters is 1. The average Bonchev–Trinajstić information content (AvgIpc) is 2.55. The summed E-state index contributed by atoms with van der Waals surface area (Å²) in [5.41, 5.74) is 3.20. The van der Waals surface area contributed by atoms with Gasteiger partial charge in [0.2, 0.25) is 0 Å². The molecule has 2 aromatic rings. The molecule has 0 atom stereocenters. The Hall–Kier alpha value is -2.66. The first-order chi connectivity index (χ1) is 9.69. The first-order valence-electron chi connectivity index (χ1n) is 5.88. The normalized spacial score (nSPS) is 8.90. The maximum Gasteiger partial charge on any atom is 0.337 e. The molecule has 0 fully saturated rings. The van der Waals surface area contributed by atoms with E-state index in [9.17, 15) is 9.59 Å². The number of nitrogens with two attached hydrogens (primary N) is 1. The standard InChI is InChI=1S/C8H8O2.C7H8N2O/c1-10-8(9)7-5-3-2-4-6-7;8-9-7(10)6-4-2-1-3-5-6/h2-6H,1H3;1-5H,8H2,(H,9,10). The van der Waals surface area contributed by atoms with Gasteiger partial charge < -0.3 is 4.74 Å². The van der Waals surface area contributed by atoms with Crippen molar-refractivity contribution in [3.05, 3.63) is 71.8 Å². The van der Waals surface area contributed by atoms with Crippen LogP contribution in [0.25, 0.3) is 0 Å². The quantitative estimate of drug-likeness (QED) is 0.378. The van der Waals surface area contributed by atoms with Crippen LogP contribution in [0.15, 0.2) is 60.7 Å². The van der Waals surface area contributed by atoms with Crippen LogP contribution in [-0.4, -0.2) is 19.0 Å². The van der Waals surface area contributed by atoms with E-state index in [0.717, 1.165) is 0 Å². The van der Waals surface area contributed by atoms with E-state index in [4.69, 9.17) is 5.84 Å². The van der Waals surface area contributed by atoms with Crippen molar-refractivity contribution in [3.8, 4) is 0 Å². The Balaban J connectivity index is 0.000000200. The van der Waals surface area contributed by atoms with Gasteiger partial charge in [0, 0.05) is 5.56 Å². The molecule has 3 N–H and O–H groups in total. The Morgan fingerprint density at radius 3 is 1.75 bits per heavy atom. The number of hydrogen-bond acceptors (Lipinski definition) is 4. The summed E-state index contributed by atoms with van der Waals surface area (Å²) in [5.74, 6) is 4.35. The van der Waals surface area contributed by atoms with E-state index in [2.05, 4.69) is 4.74 Å². The zero-order valence-corrected chi connectivity index (χ0v) is 11.1. The van der Waals surface area contributed by atoms with Gasteiger partial charge in [-0.3, -0.25) is 10.2 Å². The third-order valence-electron chi connectivity index (χ3n) is 2.36. The van der Waals surface area contributed by atoms with Gasteiger partial charge in [-0.2, -0.15) is 0 Å². The second kappa shape index (κ2) is 8.44. The molecular weight excluding hydrogens is 256 g/mol. The Kier molecular flexibility index (Phi) is 6.50. The number of carbonyl (C=O) groups is 2. The molecule has 20 heavy (non-hydrogen) atoms. The van der Waals surface area contributed by atoms with Crippen LogP contribution in [0.4, 0.5) is 0 Å². The summed E-state index contributed by atoms with van der Waals surface area (Å²) in [7, 11) is 1.37. The lowest BCUT2D eigenvalue weighted by Crippen LogP contribution is -2.29. The molecule has 104 valence electrons.